The van der Waals surface area contributed by atoms with Gasteiger partial charge in [-0.05, 0) is 29.3 Å². The quantitative estimate of drug-likeness (QED) is 0.633. The number of primary amides is 1. The summed E-state index contributed by atoms with van der Waals surface area (Å²) in [5, 5.41) is 4.90. The number of benzene rings is 2. The van der Waals surface area contributed by atoms with Crippen LogP contribution in [0.1, 0.15) is 18.1 Å². The van der Waals surface area contributed by atoms with Crippen LogP contribution in [0, 0.1) is 11.6 Å². The monoisotopic (exact) mass is 389 g/mol. The molecule has 0 radical (unpaired) electrons. The highest BCUT2D eigenvalue weighted by molar-refractivity contribution is 5.91. The molecule has 28 heavy (non-hydrogen) atoms. The second kappa shape index (κ2) is 9.59. The van der Waals surface area contributed by atoms with Crippen molar-refractivity contribution in [2.75, 3.05) is 0 Å². The van der Waals surface area contributed by atoms with Gasteiger partial charge in [0.15, 0.2) is 0 Å². The summed E-state index contributed by atoms with van der Waals surface area (Å²) < 4.78 is 27.3. The van der Waals surface area contributed by atoms with Gasteiger partial charge < -0.3 is 16.4 Å². The molecule has 0 saturated carbocycles. The van der Waals surface area contributed by atoms with Gasteiger partial charge >= 0.3 is 0 Å². The lowest BCUT2D eigenvalue weighted by Gasteiger charge is -2.22. The fourth-order valence-electron chi connectivity index (χ4n) is 2.73. The van der Waals surface area contributed by atoms with Gasteiger partial charge in [-0.15, -0.1) is 0 Å². The number of carbonyl (C=O) groups is 3. The van der Waals surface area contributed by atoms with Crippen molar-refractivity contribution < 1.29 is 23.2 Å². The smallest absolute Gasteiger partial charge is 0.243 e. The van der Waals surface area contributed by atoms with Crippen LogP contribution in [0.15, 0.2) is 48.5 Å². The summed E-state index contributed by atoms with van der Waals surface area (Å²) in [6.45, 7) is 1.22. The highest BCUT2D eigenvalue weighted by atomic mass is 19.1. The molecule has 0 bridgehead atoms. The van der Waals surface area contributed by atoms with Crippen molar-refractivity contribution in [2.24, 2.45) is 5.73 Å². The van der Waals surface area contributed by atoms with Crippen LogP contribution < -0.4 is 16.4 Å². The van der Waals surface area contributed by atoms with Crippen LogP contribution in [0.25, 0.3) is 0 Å². The van der Waals surface area contributed by atoms with Gasteiger partial charge in [0.2, 0.25) is 17.7 Å². The highest BCUT2D eigenvalue weighted by Crippen LogP contribution is 2.11. The van der Waals surface area contributed by atoms with Gasteiger partial charge in [0, 0.05) is 19.8 Å². The van der Waals surface area contributed by atoms with Crippen molar-refractivity contribution in [3.8, 4) is 0 Å². The summed E-state index contributed by atoms with van der Waals surface area (Å²) >= 11 is 0. The van der Waals surface area contributed by atoms with Crippen LogP contribution in [0.5, 0.6) is 0 Å². The standard InChI is InChI=1S/C20H21F2N3O3/c1-12(26)24-18(11-14-6-2-3-8-16(14)22)20(28)25-17(19(23)27)10-13-5-4-7-15(21)9-13/h2-9,17-18H,10-11H2,1H3,(H2,23,27)(H,24,26)(H,25,28)/t17-,18+/m0/s1. The third kappa shape index (κ3) is 6.15. The zero-order valence-electron chi connectivity index (χ0n) is 15.2. The molecule has 0 unspecified atom stereocenters. The van der Waals surface area contributed by atoms with E-state index in [2.05, 4.69) is 10.6 Å². The minimum Gasteiger partial charge on any atom is -0.368 e. The average Bonchev–Trinajstić information content (AvgIpc) is 2.62. The van der Waals surface area contributed by atoms with E-state index < -0.39 is 41.4 Å². The molecule has 6 nitrogen and oxygen atoms in total. The minimum absolute atomic E-state index is 0.0225. The zero-order valence-corrected chi connectivity index (χ0v) is 15.2. The van der Waals surface area contributed by atoms with Crippen LogP contribution in [0.3, 0.4) is 0 Å². The van der Waals surface area contributed by atoms with E-state index in [1.165, 1.54) is 43.3 Å². The Labute approximate surface area is 161 Å². The second-order valence-electron chi connectivity index (χ2n) is 6.35. The first-order valence-corrected chi connectivity index (χ1v) is 8.61. The van der Waals surface area contributed by atoms with E-state index in [0.29, 0.717) is 5.56 Å². The van der Waals surface area contributed by atoms with Crippen molar-refractivity contribution >= 4 is 17.7 Å². The van der Waals surface area contributed by atoms with Gasteiger partial charge in [-0.25, -0.2) is 8.78 Å². The average molecular weight is 389 g/mol. The van der Waals surface area contributed by atoms with Gasteiger partial charge in [0.25, 0.3) is 0 Å². The van der Waals surface area contributed by atoms with Crippen molar-refractivity contribution in [2.45, 2.75) is 31.8 Å². The summed E-state index contributed by atoms with van der Waals surface area (Å²) in [7, 11) is 0. The Balaban J connectivity index is 2.15. The number of nitrogens with two attached hydrogens (primary N) is 1. The van der Waals surface area contributed by atoms with E-state index in [-0.39, 0.29) is 18.4 Å². The minimum atomic E-state index is -1.12. The summed E-state index contributed by atoms with van der Waals surface area (Å²) in [4.78, 5) is 35.8. The van der Waals surface area contributed by atoms with E-state index >= 15 is 0 Å². The maximum absolute atomic E-state index is 13.9. The zero-order chi connectivity index (χ0) is 20.7. The second-order valence-corrected chi connectivity index (χ2v) is 6.35. The summed E-state index contributed by atoms with van der Waals surface area (Å²) in [6.07, 6.45) is -0.130. The van der Waals surface area contributed by atoms with Crippen LogP contribution in [-0.4, -0.2) is 29.8 Å². The molecule has 0 aliphatic carbocycles. The third-order valence-electron chi connectivity index (χ3n) is 4.06. The van der Waals surface area contributed by atoms with Gasteiger partial charge in [0.05, 0.1) is 0 Å². The molecule has 2 aromatic rings. The summed E-state index contributed by atoms with van der Waals surface area (Å²) in [5.41, 5.74) is 6.05. The van der Waals surface area contributed by atoms with Crippen molar-refractivity contribution in [1.29, 1.82) is 0 Å². The summed E-state index contributed by atoms with van der Waals surface area (Å²) in [5.74, 6) is -3.00. The first kappa shape index (κ1) is 21.0. The van der Waals surface area contributed by atoms with E-state index in [0.717, 1.165) is 0 Å². The van der Waals surface area contributed by atoms with Crippen LogP contribution in [-0.2, 0) is 27.2 Å². The number of amides is 3. The molecule has 148 valence electrons. The third-order valence-corrected chi connectivity index (χ3v) is 4.06. The molecule has 0 spiro atoms. The number of nitrogens with one attached hydrogen (secondary N) is 2. The molecule has 2 atom stereocenters. The molecule has 3 amide bonds. The maximum atomic E-state index is 13.9. The Kier molecular flexibility index (Phi) is 7.20. The van der Waals surface area contributed by atoms with Gasteiger partial charge in [-0.2, -0.15) is 0 Å². The predicted octanol–water partition coefficient (Wildman–Crippen LogP) is 1.22. The highest BCUT2D eigenvalue weighted by Gasteiger charge is 2.26. The van der Waals surface area contributed by atoms with Crippen molar-refractivity contribution in [3.63, 3.8) is 0 Å². The SMILES string of the molecule is CC(=O)N[C@H](Cc1ccccc1F)C(=O)N[C@@H](Cc1cccc(F)c1)C(N)=O. The Bertz CT molecular complexity index is 873. The number of halogens is 2. The number of rotatable bonds is 8. The van der Waals surface area contributed by atoms with Crippen molar-refractivity contribution in [1.82, 2.24) is 10.6 Å². The van der Waals surface area contributed by atoms with Crippen molar-refractivity contribution in [3.05, 3.63) is 71.3 Å². The fourth-order valence-corrected chi connectivity index (χ4v) is 2.73. The molecular formula is C20H21F2N3O3. The predicted molar refractivity (Wildman–Crippen MR) is 98.9 cm³/mol. The molecule has 0 heterocycles. The topological polar surface area (TPSA) is 101 Å². The van der Waals surface area contributed by atoms with Gasteiger partial charge in [-0.1, -0.05) is 30.3 Å². The van der Waals surface area contributed by atoms with Crippen LogP contribution in [0.4, 0.5) is 8.78 Å². The lowest BCUT2D eigenvalue weighted by atomic mass is 10.0. The lowest BCUT2D eigenvalue weighted by molar-refractivity contribution is -0.130. The molecule has 4 N–H and O–H groups in total. The molecule has 8 heteroatoms. The molecular weight excluding hydrogens is 368 g/mol. The number of hydrogen-bond acceptors (Lipinski definition) is 3. The fraction of sp³-hybridized carbons (Fsp3) is 0.250. The van der Waals surface area contributed by atoms with Crippen LogP contribution >= 0.6 is 0 Å². The first-order chi connectivity index (χ1) is 13.3. The largest absolute Gasteiger partial charge is 0.368 e. The van der Waals surface area contributed by atoms with E-state index in [1.54, 1.807) is 12.1 Å². The Morgan fingerprint density at radius 3 is 2.29 bits per heavy atom. The molecule has 0 aliphatic heterocycles. The Morgan fingerprint density at radius 2 is 1.68 bits per heavy atom. The molecule has 0 aliphatic rings. The Morgan fingerprint density at radius 1 is 0.964 bits per heavy atom. The normalized spacial score (nSPS) is 12.7. The molecule has 0 fully saturated rings. The van der Waals surface area contributed by atoms with Crippen LogP contribution in [0.2, 0.25) is 0 Å². The summed E-state index contributed by atoms with van der Waals surface area (Å²) in [6, 6.07) is 9.18. The molecule has 0 saturated heterocycles. The van der Waals surface area contributed by atoms with E-state index in [1.807, 2.05) is 0 Å². The van der Waals surface area contributed by atoms with Gasteiger partial charge in [0.1, 0.15) is 23.7 Å². The number of hydrogen-bond donors (Lipinski definition) is 3. The molecule has 0 aromatic heterocycles. The van der Waals surface area contributed by atoms with E-state index in [4.69, 9.17) is 5.73 Å². The molecule has 2 rings (SSSR count). The maximum Gasteiger partial charge on any atom is 0.243 e. The molecule has 2 aromatic carbocycles. The Hall–Kier alpha value is -3.29. The lowest BCUT2D eigenvalue weighted by Crippen LogP contribution is -2.54. The van der Waals surface area contributed by atoms with E-state index in [9.17, 15) is 23.2 Å². The first-order valence-electron chi connectivity index (χ1n) is 8.61. The number of carbonyl (C=O) groups excluding carboxylic acids is 3. The van der Waals surface area contributed by atoms with Gasteiger partial charge in [-0.3, -0.25) is 14.4 Å².